The van der Waals surface area contributed by atoms with E-state index in [1.807, 2.05) is 5.57 Å². The Morgan fingerprint density at radius 3 is 2.43 bits per heavy atom. The van der Waals surface area contributed by atoms with Gasteiger partial charge in [0.25, 0.3) is 0 Å². The fourth-order valence-electron chi connectivity index (χ4n) is 8.97. The smallest absolute Gasteiger partial charge is 0.133 e. The molecule has 4 aliphatic carbocycles. The van der Waals surface area contributed by atoms with Gasteiger partial charge in [0.05, 0.1) is 0 Å². The second-order valence-corrected chi connectivity index (χ2v) is 12.7. The largest absolute Gasteiger partial charge is 0.300 e. The molecule has 1 nitrogen and oxygen atoms in total. The lowest BCUT2D eigenvalue weighted by Gasteiger charge is -2.57. The maximum Gasteiger partial charge on any atom is 0.133 e. The Hall–Kier alpha value is -0.590. The van der Waals surface area contributed by atoms with Crippen LogP contribution in [-0.2, 0) is 4.79 Å². The number of Topliss-reactive ketones (excluding diaryl/α,β-unsaturated/α-hetero) is 1. The molecule has 0 heterocycles. The molecule has 30 heavy (non-hydrogen) atoms. The number of hydrogen-bond donors (Lipinski definition) is 0. The first-order valence-corrected chi connectivity index (χ1v) is 13.4. The number of hydrogen-bond acceptors (Lipinski definition) is 1. The highest BCUT2D eigenvalue weighted by Gasteiger charge is 2.58. The summed E-state index contributed by atoms with van der Waals surface area (Å²) in [6, 6.07) is 0. The number of carbonyl (C=O) groups excluding carboxylic acids is 1. The molecule has 0 aliphatic heterocycles. The fourth-order valence-corrected chi connectivity index (χ4v) is 8.97. The predicted octanol–water partition coefficient (Wildman–Crippen LogP) is 8.23. The van der Waals surface area contributed by atoms with Gasteiger partial charge in [-0.25, -0.2) is 0 Å². The first-order valence-electron chi connectivity index (χ1n) is 13.4. The van der Waals surface area contributed by atoms with Crippen molar-refractivity contribution in [1.82, 2.24) is 0 Å². The third-order valence-corrected chi connectivity index (χ3v) is 11.1. The lowest BCUT2D eigenvalue weighted by atomic mass is 9.47. The molecule has 0 unspecified atom stereocenters. The van der Waals surface area contributed by atoms with E-state index >= 15 is 0 Å². The molecule has 3 fully saturated rings. The van der Waals surface area contributed by atoms with Crippen molar-refractivity contribution in [1.29, 1.82) is 0 Å². The van der Waals surface area contributed by atoms with Crippen molar-refractivity contribution in [2.24, 2.45) is 52.3 Å². The van der Waals surface area contributed by atoms with Crippen molar-refractivity contribution < 1.29 is 4.79 Å². The minimum atomic E-state index is 0.397. The Labute approximate surface area is 186 Å². The highest BCUT2D eigenvalue weighted by Crippen LogP contribution is 2.66. The molecule has 0 aromatic carbocycles. The van der Waals surface area contributed by atoms with Crippen molar-refractivity contribution in [3.8, 4) is 0 Å². The van der Waals surface area contributed by atoms with Crippen LogP contribution in [0.2, 0.25) is 0 Å². The van der Waals surface area contributed by atoms with Crippen LogP contribution in [0.15, 0.2) is 11.6 Å². The van der Waals surface area contributed by atoms with Crippen LogP contribution < -0.4 is 0 Å². The summed E-state index contributed by atoms with van der Waals surface area (Å²) in [5, 5.41) is 0. The molecule has 0 saturated heterocycles. The quantitative estimate of drug-likeness (QED) is 0.401. The second kappa shape index (κ2) is 8.40. The van der Waals surface area contributed by atoms with Gasteiger partial charge in [-0.15, -0.1) is 0 Å². The van der Waals surface area contributed by atoms with Gasteiger partial charge in [0.2, 0.25) is 0 Å². The highest BCUT2D eigenvalue weighted by molar-refractivity contribution is 5.79. The van der Waals surface area contributed by atoms with E-state index in [1.165, 1.54) is 51.4 Å². The summed E-state index contributed by atoms with van der Waals surface area (Å²) < 4.78 is 0. The summed E-state index contributed by atoms with van der Waals surface area (Å²) in [6.07, 6.45) is 16.5. The SMILES string of the molecule is CC[C@@H](CC[C@H](C)[C@H]1CC[C@H]2C3=CC[C@H]4CC(=O)CC[C@]4(C)[C@H]3CC[C@]12C)C(C)C. The topological polar surface area (TPSA) is 17.1 Å². The van der Waals surface area contributed by atoms with Gasteiger partial charge in [-0.05, 0) is 97.2 Å². The summed E-state index contributed by atoms with van der Waals surface area (Å²) >= 11 is 0. The average molecular weight is 413 g/mol. The summed E-state index contributed by atoms with van der Waals surface area (Å²) in [6.45, 7) is 15.0. The first kappa shape index (κ1) is 22.6. The van der Waals surface area contributed by atoms with Gasteiger partial charge in [0, 0.05) is 12.8 Å². The molecule has 0 amide bonds. The van der Waals surface area contributed by atoms with E-state index in [4.69, 9.17) is 0 Å². The molecule has 0 aromatic heterocycles. The van der Waals surface area contributed by atoms with E-state index in [9.17, 15) is 4.79 Å². The van der Waals surface area contributed by atoms with Crippen LogP contribution in [0.1, 0.15) is 112 Å². The Morgan fingerprint density at radius 1 is 1.00 bits per heavy atom. The molecule has 0 spiro atoms. The number of allylic oxidation sites excluding steroid dienone is 2. The van der Waals surface area contributed by atoms with Crippen molar-refractivity contribution in [2.45, 2.75) is 112 Å². The lowest BCUT2D eigenvalue weighted by Crippen LogP contribution is -2.49. The second-order valence-electron chi connectivity index (χ2n) is 12.7. The zero-order chi connectivity index (χ0) is 21.7. The molecule has 1 heteroatoms. The van der Waals surface area contributed by atoms with E-state index in [2.05, 4.69) is 47.6 Å². The Morgan fingerprint density at radius 2 is 1.73 bits per heavy atom. The maximum absolute atomic E-state index is 12.1. The summed E-state index contributed by atoms with van der Waals surface area (Å²) in [7, 11) is 0. The van der Waals surface area contributed by atoms with Gasteiger partial charge in [-0.2, -0.15) is 0 Å². The third kappa shape index (κ3) is 3.65. The molecular weight excluding hydrogens is 364 g/mol. The molecule has 0 N–H and O–H groups in total. The predicted molar refractivity (Wildman–Crippen MR) is 127 cm³/mol. The third-order valence-electron chi connectivity index (χ3n) is 11.1. The van der Waals surface area contributed by atoms with Crippen LogP contribution in [0.4, 0.5) is 0 Å². The molecule has 0 bridgehead atoms. The zero-order valence-corrected chi connectivity index (χ0v) is 20.8. The monoisotopic (exact) mass is 412 g/mol. The van der Waals surface area contributed by atoms with Crippen molar-refractivity contribution in [2.75, 3.05) is 0 Å². The zero-order valence-electron chi connectivity index (χ0n) is 20.8. The average Bonchev–Trinajstić information content (AvgIpc) is 3.06. The van der Waals surface area contributed by atoms with Crippen LogP contribution in [0.25, 0.3) is 0 Å². The van der Waals surface area contributed by atoms with Crippen LogP contribution in [0.5, 0.6) is 0 Å². The normalized spacial score (nSPS) is 42.9. The number of ketones is 1. The fraction of sp³-hybridized carbons (Fsp3) is 0.897. The number of carbonyl (C=O) groups is 1. The Bertz CT molecular complexity index is 674. The van der Waals surface area contributed by atoms with Crippen LogP contribution in [-0.4, -0.2) is 5.78 Å². The van der Waals surface area contributed by atoms with E-state index in [1.54, 1.807) is 0 Å². The van der Waals surface area contributed by atoms with Gasteiger partial charge >= 0.3 is 0 Å². The van der Waals surface area contributed by atoms with Gasteiger partial charge < -0.3 is 0 Å². The van der Waals surface area contributed by atoms with Gasteiger partial charge in [0.1, 0.15) is 5.78 Å². The van der Waals surface area contributed by atoms with E-state index in [0.29, 0.717) is 22.5 Å². The van der Waals surface area contributed by atoms with Gasteiger partial charge in [-0.1, -0.05) is 66.0 Å². The van der Waals surface area contributed by atoms with Crippen molar-refractivity contribution in [3.05, 3.63) is 11.6 Å². The molecular formula is C29H48O. The first-order chi connectivity index (χ1) is 14.2. The van der Waals surface area contributed by atoms with Gasteiger partial charge in [0.15, 0.2) is 0 Å². The molecule has 0 radical (unpaired) electrons. The maximum atomic E-state index is 12.1. The van der Waals surface area contributed by atoms with Crippen LogP contribution in [0, 0.1) is 52.3 Å². The summed E-state index contributed by atoms with van der Waals surface area (Å²) in [5.41, 5.74) is 2.77. The molecule has 0 aromatic rings. The molecule has 170 valence electrons. The summed E-state index contributed by atoms with van der Waals surface area (Å²) in [4.78, 5) is 12.1. The van der Waals surface area contributed by atoms with Crippen LogP contribution >= 0.6 is 0 Å². The number of rotatable bonds is 6. The molecule has 3 saturated carbocycles. The lowest BCUT2D eigenvalue weighted by molar-refractivity contribution is -0.127. The molecule has 4 rings (SSSR count). The van der Waals surface area contributed by atoms with Gasteiger partial charge in [-0.3, -0.25) is 4.79 Å². The standard InChI is InChI=1S/C29H48O/c1-7-21(19(2)3)9-8-20(4)25-12-13-26-24-11-10-22-18-23(30)14-16-28(22,5)27(24)15-17-29(25,26)6/h11,19-22,25-27H,7-10,12-18H2,1-6H3/t20-,21-,22-,25+,26-,27-,28-,29+/m0/s1. The minimum absolute atomic E-state index is 0.397. The molecule has 4 aliphatic rings. The van der Waals surface area contributed by atoms with Crippen LogP contribution in [0.3, 0.4) is 0 Å². The Kier molecular flexibility index (Phi) is 6.33. The highest BCUT2D eigenvalue weighted by atomic mass is 16.1. The van der Waals surface area contributed by atoms with Crippen molar-refractivity contribution >= 4 is 5.78 Å². The number of fused-ring (bicyclic) bond motifs is 5. The van der Waals surface area contributed by atoms with E-state index in [-0.39, 0.29) is 0 Å². The van der Waals surface area contributed by atoms with Crippen molar-refractivity contribution in [3.63, 3.8) is 0 Å². The van der Waals surface area contributed by atoms with E-state index < -0.39 is 0 Å². The molecule has 8 atom stereocenters. The minimum Gasteiger partial charge on any atom is -0.300 e. The summed E-state index contributed by atoms with van der Waals surface area (Å²) in [5.74, 6) is 6.24. The Balaban J connectivity index is 1.49. The van der Waals surface area contributed by atoms with E-state index in [0.717, 1.165) is 54.8 Å².